The summed E-state index contributed by atoms with van der Waals surface area (Å²) in [5.74, 6) is 1.53. The topological polar surface area (TPSA) is 62.7 Å². The van der Waals surface area contributed by atoms with Crippen LogP contribution in [0.2, 0.25) is 0 Å². The minimum atomic E-state index is -0.165. The third-order valence-corrected chi connectivity index (χ3v) is 5.30. The van der Waals surface area contributed by atoms with Crippen molar-refractivity contribution in [1.29, 1.82) is 0 Å². The lowest BCUT2D eigenvalue weighted by atomic mass is 10.1. The first-order chi connectivity index (χ1) is 13.8. The number of benzene rings is 2. The predicted octanol–water partition coefficient (Wildman–Crippen LogP) is 4.59. The number of rotatable bonds is 4. The van der Waals surface area contributed by atoms with E-state index in [2.05, 4.69) is 10.2 Å². The summed E-state index contributed by atoms with van der Waals surface area (Å²) in [5, 5.41) is 10.9. The van der Waals surface area contributed by atoms with Crippen LogP contribution in [0.5, 0.6) is 11.5 Å². The van der Waals surface area contributed by atoms with Gasteiger partial charge in [-0.2, -0.15) is 0 Å². The van der Waals surface area contributed by atoms with Crippen LogP contribution in [-0.2, 0) is 9.47 Å². The predicted molar refractivity (Wildman–Crippen MR) is 105 cm³/mol. The zero-order chi connectivity index (χ0) is 18.8. The van der Waals surface area contributed by atoms with Gasteiger partial charge in [-0.15, -0.1) is 10.2 Å². The number of nitrogens with zero attached hydrogens (tertiary/aromatic N) is 2. The van der Waals surface area contributed by atoms with Crippen molar-refractivity contribution < 1.29 is 18.9 Å². The average Bonchev–Trinajstić information content (AvgIpc) is 2.75. The number of hydrogen-bond acceptors (Lipinski definition) is 6. The molecule has 2 aromatic carbocycles. The summed E-state index contributed by atoms with van der Waals surface area (Å²) in [6, 6.07) is 11.9. The molecule has 2 unspecified atom stereocenters. The zero-order valence-electron chi connectivity index (χ0n) is 15.8. The van der Waals surface area contributed by atoms with E-state index in [0.29, 0.717) is 0 Å². The first-order valence-electron chi connectivity index (χ1n) is 10.1. The van der Waals surface area contributed by atoms with Crippen LogP contribution >= 0.6 is 0 Å². The van der Waals surface area contributed by atoms with Crippen molar-refractivity contribution in [3.63, 3.8) is 0 Å². The van der Waals surface area contributed by atoms with Gasteiger partial charge in [0.05, 0.1) is 24.2 Å². The Kier molecular flexibility index (Phi) is 4.97. The number of fused-ring (bicyclic) bond motifs is 3. The van der Waals surface area contributed by atoms with Crippen LogP contribution in [0.1, 0.15) is 38.5 Å². The summed E-state index contributed by atoms with van der Waals surface area (Å²) in [6.45, 7) is 1.53. The highest BCUT2D eigenvalue weighted by atomic mass is 16.7. The maximum absolute atomic E-state index is 5.96. The first-order valence-corrected chi connectivity index (χ1v) is 10.1. The van der Waals surface area contributed by atoms with Crippen molar-refractivity contribution in [3.8, 4) is 11.5 Å². The van der Waals surface area contributed by atoms with E-state index in [1.54, 1.807) is 0 Å². The molecule has 0 radical (unpaired) electrons. The molecule has 0 saturated carbocycles. The molecule has 1 aromatic heterocycles. The van der Waals surface area contributed by atoms with Crippen molar-refractivity contribution in [3.05, 3.63) is 36.4 Å². The van der Waals surface area contributed by atoms with E-state index < -0.39 is 0 Å². The summed E-state index contributed by atoms with van der Waals surface area (Å²) in [6.07, 6.45) is 6.01. The van der Waals surface area contributed by atoms with Crippen molar-refractivity contribution in [2.45, 2.75) is 51.1 Å². The fourth-order valence-corrected chi connectivity index (χ4v) is 3.81. The maximum atomic E-state index is 5.96. The second-order valence-electron chi connectivity index (χ2n) is 7.39. The molecule has 0 spiro atoms. The van der Waals surface area contributed by atoms with E-state index in [1.165, 1.54) is 0 Å². The molecular formula is C22H24N2O4. The summed E-state index contributed by atoms with van der Waals surface area (Å²) in [4.78, 5) is 0. The van der Waals surface area contributed by atoms with Gasteiger partial charge in [0.15, 0.2) is 12.6 Å². The lowest BCUT2D eigenvalue weighted by molar-refractivity contribution is -0.106. The molecule has 2 saturated heterocycles. The van der Waals surface area contributed by atoms with Crippen molar-refractivity contribution in [2.24, 2.45) is 0 Å². The van der Waals surface area contributed by atoms with Crippen LogP contribution in [0.4, 0.5) is 0 Å². The fraction of sp³-hybridized carbons (Fsp3) is 0.455. The average molecular weight is 380 g/mol. The van der Waals surface area contributed by atoms with Crippen LogP contribution in [-0.4, -0.2) is 36.0 Å². The van der Waals surface area contributed by atoms with Crippen molar-refractivity contribution in [1.82, 2.24) is 10.2 Å². The molecule has 3 heterocycles. The zero-order valence-corrected chi connectivity index (χ0v) is 15.8. The molecule has 0 amide bonds. The molecular weight excluding hydrogens is 356 g/mol. The lowest BCUT2D eigenvalue weighted by Crippen LogP contribution is -2.25. The van der Waals surface area contributed by atoms with Gasteiger partial charge in [0.1, 0.15) is 11.5 Å². The van der Waals surface area contributed by atoms with Crippen molar-refractivity contribution in [2.75, 3.05) is 13.2 Å². The van der Waals surface area contributed by atoms with Gasteiger partial charge in [-0.25, -0.2) is 0 Å². The second kappa shape index (κ2) is 7.89. The molecule has 2 atom stereocenters. The van der Waals surface area contributed by atoms with Gasteiger partial charge in [-0.05, 0) is 49.9 Å². The second-order valence-corrected chi connectivity index (χ2v) is 7.39. The summed E-state index contributed by atoms with van der Waals surface area (Å²) < 4.78 is 23.2. The highest BCUT2D eigenvalue weighted by molar-refractivity contribution is 6.04. The summed E-state index contributed by atoms with van der Waals surface area (Å²) >= 11 is 0. The molecule has 0 N–H and O–H groups in total. The van der Waals surface area contributed by atoms with Crippen LogP contribution in [0.15, 0.2) is 36.4 Å². The quantitative estimate of drug-likeness (QED) is 0.617. The SMILES string of the molecule is c1cc2c(cc1OC1CCCCO1)nnc1cc(OC3CCCCO3)ccc12. The normalized spacial score (nSPS) is 23.0. The highest BCUT2D eigenvalue weighted by Gasteiger charge is 2.17. The highest BCUT2D eigenvalue weighted by Crippen LogP contribution is 2.29. The Hall–Kier alpha value is -2.44. The Labute approximate surface area is 163 Å². The summed E-state index contributed by atoms with van der Waals surface area (Å²) in [5.41, 5.74) is 1.62. The van der Waals surface area contributed by atoms with Crippen LogP contribution in [0.3, 0.4) is 0 Å². The Morgan fingerprint density at radius 2 is 1.18 bits per heavy atom. The van der Waals surface area contributed by atoms with E-state index in [1.807, 2.05) is 36.4 Å². The van der Waals surface area contributed by atoms with E-state index in [9.17, 15) is 0 Å². The van der Waals surface area contributed by atoms with E-state index in [4.69, 9.17) is 18.9 Å². The number of ether oxygens (including phenoxy) is 4. The Bertz CT molecular complexity index is 887. The summed E-state index contributed by atoms with van der Waals surface area (Å²) in [7, 11) is 0. The van der Waals surface area contributed by atoms with Gasteiger partial charge in [-0.1, -0.05) is 0 Å². The van der Waals surface area contributed by atoms with Gasteiger partial charge in [0.25, 0.3) is 0 Å². The fourth-order valence-electron chi connectivity index (χ4n) is 3.81. The molecule has 0 aliphatic carbocycles. The number of aromatic nitrogens is 2. The van der Waals surface area contributed by atoms with E-state index in [-0.39, 0.29) is 12.6 Å². The monoisotopic (exact) mass is 380 g/mol. The van der Waals surface area contributed by atoms with Gasteiger partial charge < -0.3 is 18.9 Å². The van der Waals surface area contributed by atoms with E-state index in [0.717, 1.165) is 85.0 Å². The molecule has 146 valence electrons. The lowest BCUT2D eigenvalue weighted by Gasteiger charge is -2.23. The Morgan fingerprint density at radius 1 is 0.679 bits per heavy atom. The smallest absolute Gasteiger partial charge is 0.199 e. The Morgan fingerprint density at radius 3 is 1.61 bits per heavy atom. The van der Waals surface area contributed by atoms with Gasteiger partial charge in [0.2, 0.25) is 0 Å². The van der Waals surface area contributed by atoms with Gasteiger partial charge in [-0.3, -0.25) is 0 Å². The molecule has 0 bridgehead atoms. The molecule has 3 aromatic rings. The molecule has 2 aliphatic heterocycles. The minimum Gasteiger partial charge on any atom is -0.465 e. The largest absolute Gasteiger partial charge is 0.465 e. The van der Waals surface area contributed by atoms with Crippen LogP contribution < -0.4 is 9.47 Å². The van der Waals surface area contributed by atoms with Crippen molar-refractivity contribution >= 4 is 21.8 Å². The third kappa shape index (κ3) is 3.75. The first kappa shape index (κ1) is 17.6. The molecule has 28 heavy (non-hydrogen) atoms. The molecule has 5 rings (SSSR count). The minimum absolute atomic E-state index is 0.165. The molecule has 6 nitrogen and oxygen atoms in total. The van der Waals surface area contributed by atoms with E-state index >= 15 is 0 Å². The van der Waals surface area contributed by atoms with Crippen LogP contribution in [0.25, 0.3) is 21.8 Å². The molecule has 6 heteroatoms. The standard InChI is InChI=1S/C22H24N2O4/c1-3-11-25-21(5-1)27-15-7-9-17-18-10-8-16(28-22-6-2-4-12-26-22)14-20(18)24-23-19(17)13-15/h7-10,13-14,21-22H,1-6,11-12H2. The Balaban J connectivity index is 1.39. The molecule has 2 aliphatic rings. The van der Waals surface area contributed by atoms with Crippen LogP contribution in [0, 0.1) is 0 Å². The van der Waals surface area contributed by atoms with Gasteiger partial charge in [0, 0.05) is 35.7 Å². The third-order valence-electron chi connectivity index (χ3n) is 5.30. The molecule has 2 fully saturated rings. The number of hydrogen-bond donors (Lipinski definition) is 0. The maximum Gasteiger partial charge on any atom is 0.199 e. The van der Waals surface area contributed by atoms with Gasteiger partial charge >= 0.3 is 0 Å².